The van der Waals surface area contributed by atoms with Crippen molar-refractivity contribution in [1.29, 1.82) is 0 Å². The highest BCUT2D eigenvalue weighted by molar-refractivity contribution is 5.83. The summed E-state index contributed by atoms with van der Waals surface area (Å²) in [5.74, 6) is 0.314. The molecule has 3 heterocycles. The number of piperidine rings is 1. The van der Waals surface area contributed by atoms with E-state index in [0.717, 1.165) is 25.8 Å². The highest BCUT2D eigenvalue weighted by atomic mass is 16.5. The van der Waals surface area contributed by atoms with Crippen LogP contribution in [-0.4, -0.2) is 57.8 Å². The highest BCUT2D eigenvalue weighted by Gasteiger charge is 2.17. The predicted molar refractivity (Wildman–Crippen MR) is 111 cm³/mol. The van der Waals surface area contributed by atoms with Gasteiger partial charge in [0.1, 0.15) is 0 Å². The molecule has 1 aliphatic rings. The molecule has 2 aromatic heterocycles. The Morgan fingerprint density at radius 1 is 1.11 bits per heavy atom. The molecule has 28 heavy (non-hydrogen) atoms. The second kappa shape index (κ2) is 10.3. The number of nitrogens with zero attached hydrogens (tertiary/aromatic N) is 5. The molecular weight excluding hydrogens is 356 g/mol. The first-order chi connectivity index (χ1) is 13.7. The third kappa shape index (κ3) is 5.13. The van der Waals surface area contributed by atoms with E-state index in [1.807, 2.05) is 4.57 Å². The van der Waals surface area contributed by atoms with Crippen molar-refractivity contribution in [2.45, 2.75) is 52.0 Å². The second-order valence-electron chi connectivity index (χ2n) is 7.14. The molecule has 3 rings (SSSR count). The van der Waals surface area contributed by atoms with E-state index in [0.29, 0.717) is 42.2 Å². The van der Waals surface area contributed by atoms with E-state index in [-0.39, 0.29) is 0 Å². The van der Waals surface area contributed by atoms with Crippen molar-refractivity contribution in [3.63, 3.8) is 0 Å². The van der Waals surface area contributed by atoms with Crippen molar-refractivity contribution in [3.8, 4) is 12.0 Å². The Hall–Kier alpha value is -2.35. The molecule has 154 valence electrons. The fourth-order valence-electron chi connectivity index (χ4n) is 3.40. The molecule has 1 aliphatic heterocycles. The lowest BCUT2D eigenvalue weighted by Crippen LogP contribution is -2.29. The van der Waals surface area contributed by atoms with Crippen molar-refractivity contribution >= 4 is 17.0 Å². The zero-order chi connectivity index (χ0) is 19.8. The lowest BCUT2D eigenvalue weighted by atomic mass is 10.1. The van der Waals surface area contributed by atoms with Gasteiger partial charge in [0.25, 0.3) is 6.01 Å². The molecule has 1 fully saturated rings. The minimum absolute atomic E-state index is 0.294. The first-order valence-corrected chi connectivity index (χ1v) is 10.3. The predicted octanol–water partition coefficient (Wildman–Crippen LogP) is 3.03. The maximum atomic E-state index is 6.08. The molecule has 0 amide bonds. The molecule has 0 saturated carbocycles. The van der Waals surface area contributed by atoms with E-state index in [1.165, 1.54) is 32.4 Å². The topological polar surface area (TPSA) is 91.3 Å². The van der Waals surface area contributed by atoms with Crippen LogP contribution in [0.25, 0.3) is 11.2 Å². The number of imidazole rings is 1. The fourth-order valence-corrected chi connectivity index (χ4v) is 3.40. The first-order valence-electron chi connectivity index (χ1n) is 10.3. The van der Waals surface area contributed by atoms with Gasteiger partial charge >= 0.3 is 6.01 Å². The summed E-state index contributed by atoms with van der Waals surface area (Å²) >= 11 is 0. The number of nitrogen functional groups attached to an aromatic ring is 1. The quantitative estimate of drug-likeness (QED) is 0.494. The zero-order valence-corrected chi connectivity index (χ0v) is 17.1. The fraction of sp³-hybridized carbons (Fsp3) is 0.650. The maximum absolute atomic E-state index is 6.08. The second-order valence-corrected chi connectivity index (χ2v) is 7.14. The first kappa shape index (κ1) is 20.4. The average Bonchev–Trinajstić information content (AvgIpc) is 3.07. The summed E-state index contributed by atoms with van der Waals surface area (Å²) in [6.45, 7) is 6.84. The molecule has 0 atom stereocenters. The van der Waals surface area contributed by atoms with Gasteiger partial charge in [-0.3, -0.25) is 9.47 Å². The van der Waals surface area contributed by atoms with Crippen LogP contribution < -0.4 is 15.2 Å². The molecule has 2 aromatic rings. The minimum atomic E-state index is 0.294. The van der Waals surface area contributed by atoms with Gasteiger partial charge in [0.15, 0.2) is 17.0 Å². The molecule has 8 heteroatoms. The highest BCUT2D eigenvalue weighted by Crippen LogP contribution is 2.25. The van der Waals surface area contributed by atoms with E-state index < -0.39 is 0 Å². The number of fused-ring (bicyclic) bond motifs is 1. The number of rotatable bonds is 10. The van der Waals surface area contributed by atoms with Crippen molar-refractivity contribution in [2.24, 2.45) is 0 Å². The Balaban J connectivity index is 1.67. The Bertz CT molecular complexity index is 783. The molecule has 2 N–H and O–H groups in total. The summed E-state index contributed by atoms with van der Waals surface area (Å²) in [4.78, 5) is 15.7. The molecule has 0 spiro atoms. The van der Waals surface area contributed by atoms with Crippen molar-refractivity contribution in [3.05, 3.63) is 12.2 Å². The molecule has 0 aliphatic carbocycles. The standard InChI is InChI=1S/C20H32N6O2/c1-3-4-15-28-19-23-17(21)16-18(24-19)26(20(22-16)27-2)14-10-6-9-13-25-11-7-5-8-12-25/h6,9H,3-5,7-8,10-15H2,1-2H3,(H2,21,23,24)/b9-6+. The van der Waals surface area contributed by atoms with Crippen LogP contribution in [0.2, 0.25) is 0 Å². The Morgan fingerprint density at radius 3 is 2.68 bits per heavy atom. The maximum Gasteiger partial charge on any atom is 0.320 e. The van der Waals surface area contributed by atoms with Crippen molar-refractivity contribution in [1.82, 2.24) is 24.4 Å². The number of likely N-dealkylation sites (tertiary alicyclic amines) is 1. The van der Waals surface area contributed by atoms with E-state index in [9.17, 15) is 0 Å². The Kier molecular flexibility index (Phi) is 7.47. The van der Waals surface area contributed by atoms with E-state index >= 15 is 0 Å². The van der Waals surface area contributed by atoms with Crippen molar-refractivity contribution in [2.75, 3.05) is 39.1 Å². The normalized spacial score (nSPS) is 15.5. The van der Waals surface area contributed by atoms with E-state index in [4.69, 9.17) is 15.2 Å². The average molecular weight is 389 g/mol. The van der Waals surface area contributed by atoms with Gasteiger partial charge in [0.2, 0.25) is 0 Å². The molecule has 1 saturated heterocycles. The molecule has 0 aromatic carbocycles. The molecule has 0 unspecified atom stereocenters. The molecular formula is C20H32N6O2. The summed E-state index contributed by atoms with van der Waals surface area (Å²) in [5, 5.41) is 0. The van der Waals surface area contributed by atoms with Crippen LogP contribution >= 0.6 is 0 Å². The number of ether oxygens (including phenoxy) is 2. The minimum Gasteiger partial charge on any atom is -0.468 e. The number of unbranched alkanes of at least 4 members (excludes halogenated alkanes) is 1. The summed E-state index contributed by atoms with van der Waals surface area (Å²) in [5.41, 5.74) is 7.28. The van der Waals surface area contributed by atoms with Crippen LogP contribution in [0, 0.1) is 0 Å². The number of aryl methyl sites for hydroxylation is 1. The van der Waals surface area contributed by atoms with Crippen LogP contribution in [0.5, 0.6) is 12.0 Å². The number of nitrogens with two attached hydrogens (primary N) is 1. The third-order valence-electron chi connectivity index (χ3n) is 4.98. The van der Waals surface area contributed by atoms with Crippen LogP contribution in [0.4, 0.5) is 5.82 Å². The van der Waals surface area contributed by atoms with Gasteiger partial charge in [-0.25, -0.2) is 0 Å². The van der Waals surface area contributed by atoms with Crippen LogP contribution in [-0.2, 0) is 6.54 Å². The molecule has 0 bridgehead atoms. The van der Waals surface area contributed by atoms with Crippen LogP contribution in [0.1, 0.15) is 45.4 Å². The van der Waals surface area contributed by atoms with Gasteiger partial charge in [-0.2, -0.15) is 15.0 Å². The summed E-state index contributed by atoms with van der Waals surface area (Å²) in [7, 11) is 1.60. The lowest BCUT2D eigenvalue weighted by molar-refractivity contribution is 0.251. The number of aromatic nitrogens is 4. The van der Waals surface area contributed by atoms with Gasteiger partial charge < -0.3 is 15.2 Å². The Labute approximate surface area is 166 Å². The molecule has 0 radical (unpaired) electrons. The third-order valence-corrected chi connectivity index (χ3v) is 4.98. The van der Waals surface area contributed by atoms with Gasteiger partial charge in [0.05, 0.1) is 13.7 Å². The van der Waals surface area contributed by atoms with Gasteiger partial charge in [-0.05, 0) is 38.8 Å². The molecule has 8 nitrogen and oxygen atoms in total. The lowest BCUT2D eigenvalue weighted by Gasteiger charge is -2.24. The number of anilines is 1. The number of methoxy groups -OCH3 is 1. The van der Waals surface area contributed by atoms with E-state index in [2.05, 4.69) is 38.9 Å². The number of hydrogen-bond donors (Lipinski definition) is 1. The zero-order valence-electron chi connectivity index (χ0n) is 17.1. The summed E-state index contributed by atoms with van der Waals surface area (Å²) < 4.78 is 13.0. The summed E-state index contributed by atoms with van der Waals surface area (Å²) in [6.07, 6.45) is 11.3. The van der Waals surface area contributed by atoms with E-state index in [1.54, 1.807) is 7.11 Å². The summed E-state index contributed by atoms with van der Waals surface area (Å²) in [6, 6.07) is 0.786. The number of hydrogen-bond acceptors (Lipinski definition) is 7. The Morgan fingerprint density at radius 2 is 1.93 bits per heavy atom. The monoisotopic (exact) mass is 388 g/mol. The van der Waals surface area contributed by atoms with Gasteiger partial charge in [-0.15, -0.1) is 0 Å². The van der Waals surface area contributed by atoms with Gasteiger partial charge in [0, 0.05) is 13.1 Å². The number of allylic oxidation sites excluding steroid dienone is 1. The largest absolute Gasteiger partial charge is 0.468 e. The smallest absolute Gasteiger partial charge is 0.320 e. The van der Waals surface area contributed by atoms with Gasteiger partial charge in [-0.1, -0.05) is 31.9 Å². The van der Waals surface area contributed by atoms with Crippen LogP contribution in [0.3, 0.4) is 0 Å². The van der Waals surface area contributed by atoms with Crippen molar-refractivity contribution < 1.29 is 9.47 Å². The SMILES string of the molecule is CCCCOc1nc(N)c2nc(OC)n(CC/C=C/CN3CCCCC3)c2n1. The van der Waals surface area contributed by atoms with Crippen LogP contribution in [0.15, 0.2) is 12.2 Å².